The first-order chi connectivity index (χ1) is 9.58. The SMILES string of the molecule is CC(NC1CC(C)(C)NC(C)(C)C1)c1cc(F)ccc1O. The monoisotopic (exact) mass is 294 g/mol. The third kappa shape index (κ3) is 4.17. The summed E-state index contributed by atoms with van der Waals surface area (Å²) in [5.41, 5.74) is 0.732. The fraction of sp³-hybridized carbons (Fsp3) is 0.647. The van der Waals surface area contributed by atoms with Crippen LogP contribution in [0, 0.1) is 5.82 Å². The Morgan fingerprint density at radius 2 is 1.81 bits per heavy atom. The lowest BCUT2D eigenvalue weighted by atomic mass is 9.79. The van der Waals surface area contributed by atoms with E-state index in [0.717, 1.165) is 12.8 Å². The van der Waals surface area contributed by atoms with Gasteiger partial charge in [-0.1, -0.05) is 0 Å². The highest BCUT2D eigenvalue weighted by molar-refractivity contribution is 5.35. The summed E-state index contributed by atoms with van der Waals surface area (Å²) in [4.78, 5) is 0. The van der Waals surface area contributed by atoms with Gasteiger partial charge in [0.1, 0.15) is 11.6 Å². The van der Waals surface area contributed by atoms with Crippen LogP contribution in [-0.4, -0.2) is 22.2 Å². The van der Waals surface area contributed by atoms with Crippen molar-refractivity contribution in [1.29, 1.82) is 0 Å². The number of halogens is 1. The largest absolute Gasteiger partial charge is 0.508 e. The molecule has 1 atom stereocenters. The zero-order valence-corrected chi connectivity index (χ0v) is 13.6. The molecule has 4 heteroatoms. The molecule has 1 unspecified atom stereocenters. The highest BCUT2D eigenvalue weighted by atomic mass is 19.1. The quantitative estimate of drug-likeness (QED) is 0.799. The van der Waals surface area contributed by atoms with Gasteiger partial charge in [-0.2, -0.15) is 0 Å². The maximum atomic E-state index is 13.4. The van der Waals surface area contributed by atoms with Gasteiger partial charge in [0.05, 0.1) is 0 Å². The van der Waals surface area contributed by atoms with Gasteiger partial charge in [0.25, 0.3) is 0 Å². The van der Waals surface area contributed by atoms with Crippen LogP contribution in [0.3, 0.4) is 0 Å². The standard InChI is InChI=1S/C17H27FN2O/c1-11(14-8-12(18)6-7-15(14)21)19-13-9-16(2,3)20-17(4,5)10-13/h6-8,11,13,19-21H,9-10H2,1-5H3. The van der Waals surface area contributed by atoms with Gasteiger partial charge >= 0.3 is 0 Å². The zero-order chi connectivity index (χ0) is 15.8. The Morgan fingerprint density at radius 3 is 2.38 bits per heavy atom. The Hall–Kier alpha value is -1.13. The number of rotatable bonds is 3. The summed E-state index contributed by atoms with van der Waals surface area (Å²) < 4.78 is 13.4. The van der Waals surface area contributed by atoms with Gasteiger partial charge < -0.3 is 15.7 Å². The molecular formula is C17H27FN2O. The van der Waals surface area contributed by atoms with Gasteiger partial charge in [-0.3, -0.25) is 0 Å². The van der Waals surface area contributed by atoms with E-state index >= 15 is 0 Å². The third-order valence-corrected chi connectivity index (χ3v) is 4.13. The Kier molecular flexibility index (Phi) is 4.31. The van der Waals surface area contributed by atoms with E-state index < -0.39 is 0 Å². The maximum Gasteiger partial charge on any atom is 0.123 e. The lowest BCUT2D eigenvalue weighted by Crippen LogP contribution is -2.61. The number of nitrogens with one attached hydrogen (secondary N) is 2. The van der Waals surface area contributed by atoms with E-state index in [1.54, 1.807) is 0 Å². The molecule has 1 heterocycles. The second-order valence-electron chi connectivity index (χ2n) is 7.59. The van der Waals surface area contributed by atoms with Crippen LogP contribution in [0.25, 0.3) is 0 Å². The van der Waals surface area contributed by atoms with Crippen LogP contribution < -0.4 is 10.6 Å². The molecule has 1 aromatic carbocycles. The second kappa shape index (κ2) is 5.58. The van der Waals surface area contributed by atoms with Gasteiger partial charge in [0.2, 0.25) is 0 Å². The Bertz CT molecular complexity index is 498. The van der Waals surface area contributed by atoms with E-state index in [-0.39, 0.29) is 28.7 Å². The molecule has 2 rings (SSSR count). The minimum Gasteiger partial charge on any atom is -0.508 e. The molecule has 3 N–H and O–H groups in total. The molecule has 0 amide bonds. The van der Waals surface area contributed by atoms with Crippen molar-refractivity contribution in [3.8, 4) is 5.75 Å². The summed E-state index contributed by atoms with van der Waals surface area (Å²) in [5, 5.41) is 17.1. The predicted molar refractivity (Wildman–Crippen MR) is 83.9 cm³/mol. The van der Waals surface area contributed by atoms with Crippen molar-refractivity contribution in [3.05, 3.63) is 29.6 Å². The summed E-state index contributed by atoms with van der Waals surface area (Å²) in [5.74, 6) is -0.175. The average Bonchev–Trinajstić information content (AvgIpc) is 2.27. The molecule has 0 aromatic heterocycles. The lowest BCUT2D eigenvalue weighted by molar-refractivity contribution is 0.140. The topological polar surface area (TPSA) is 44.3 Å². The molecule has 1 aliphatic rings. The maximum absolute atomic E-state index is 13.4. The van der Waals surface area contributed by atoms with Crippen molar-refractivity contribution >= 4 is 0 Å². The molecule has 0 aliphatic carbocycles. The molecular weight excluding hydrogens is 267 g/mol. The molecule has 0 spiro atoms. The molecule has 1 aliphatic heterocycles. The van der Waals surface area contributed by atoms with Crippen LogP contribution >= 0.6 is 0 Å². The van der Waals surface area contributed by atoms with Crippen molar-refractivity contribution in [1.82, 2.24) is 10.6 Å². The van der Waals surface area contributed by atoms with Crippen molar-refractivity contribution in [2.24, 2.45) is 0 Å². The van der Waals surface area contributed by atoms with Crippen LogP contribution in [0.15, 0.2) is 18.2 Å². The zero-order valence-electron chi connectivity index (χ0n) is 13.6. The highest BCUT2D eigenvalue weighted by Gasteiger charge is 2.38. The van der Waals surface area contributed by atoms with Gasteiger partial charge in [0.15, 0.2) is 0 Å². The molecule has 21 heavy (non-hydrogen) atoms. The van der Waals surface area contributed by atoms with E-state index in [1.165, 1.54) is 18.2 Å². The number of phenolic OH excluding ortho intramolecular Hbond substituents is 1. The molecule has 0 bridgehead atoms. The minimum absolute atomic E-state index is 0.0586. The summed E-state index contributed by atoms with van der Waals surface area (Å²) in [6.45, 7) is 10.8. The number of benzene rings is 1. The Balaban J connectivity index is 2.12. The van der Waals surface area contributed by atoms with Crippen LogP contribution in [0.2, 0.25) is 0 Å². The molecule has 0 saturated carbocycles. The Morgan fingerprint density at radius 1 is 1.24 bits per heavy atom. The smallest absolute Gasteiger partial charge is 0.123 e. The minimum atomic E-state index is -0.317. The number of aromatic hydroxyl groups is 1. The van der Waals surface area contributed by atoms with Crippen molar-refractivity contribution in [3.63, 3.8) is 0 Å². The molecule has 0 radical (unpaired) electrons. The van der Waals surface area contributed by atoms with E-state index in [1.807, 2.05) is 6.92 Å². The highest BCUT2D eigenvalue weighted by Crippen LogP contribution is 2.31. The fourth-order valence-electron chi connectivity index (χ4n) is 3.76. The van der Waals surface area contributed by atoms with Crippen LogP contribution in [0.5, 0.6) is 5.75 Å². The van der Waals surface area contributed by atoms with E-state index in [2.05, 4.69) is 38.3 Å². The molecule has 3 nitrogen and oxygen atoms in total. The van der Waals surface area contributed by atoms with Gasteiger partial charge in [-0.25, -0.2) is 4.39 Å². The normalized spacial score (nSPS) is 23.0. The number of hydrogen-bond acceptors (Lipinski definition) is 3. The molecule has 118 valence electrons. The van der Waals surface area contributed by atoms with E-state index in [0.29, 0.717) is 11.6 Å². The summed E-state index contributed by atoms with van der Waals surface area (Å²) in [7, 11) is 0. The Labute approximate surface area is 126 Å². The number of hydrogen-bond donors (Lipinski definition) is 3. The first-order valence-electron chi connectivity index (χ1n) is 7.62. The van der Waals surface area contributed by atoms with Crippen molar-refractivity contribution in [2.45, 2.75) is 70.6 Å². The third-order valence-electron chi connectivity index (χ3n) is 4.13. The van der Waals surface area contributed by atoms with Crippen LogP contribution in [0.1, 0.15) is 59.1 Å². The number of piperidine rings is 1. The summed E-state index contributed by atoms with van der Waals surface area (Å²) >= 11 is 0. The van der Waals surface area contributed by atoms with Gasteiger partial charge in [-0.15, -0.1) is 0 Å². The van der Waals surface area contributed by atoms with Crippen LogP contribution in [-0.2, 0) is 0 Å². The summed E-state index contributed by atoms with van der Waals surface area (Å²) in [6, 6.07) is 4.34. The molecule has 1 saturated heterocycles. The predicted octanol–water partition coefficient (Wildman–Crippen LogP) is 3.49. The first kappa shape index (κ1) is 16.2. The van der Waals surface area contributed by atoms with E-state index in [9.17, 15) is 9.50 Å². The number of phenols is 1. The first-order valence-corrected chi connectivity index (χ1v) is 7.62. The average molecular weight is 294 g/mol. The van der Waals surface area contributed by atoms with Gasteiger partial charge in [-0.05, 0) is 65.7 Å². The molecule has 1 aromatic rings. The van der Waals surface area contributed by atoms with Gasteiger partial charge in [0, 0.05) is 28.7 Å². The van der Waals surface area contributed by atoms with E-state index in [4.69, 9.17) is 0 Å². The van der Waals surface area contributed by atoms with Crippen molar-refractivity contribution in [2.75, 3.05) is 0 Å². The van der Waals surface area contributed by atoms with Crippen LogP contribution in [0.4, 0.5) is 4.39 Å². The van der Waals surface area contributed by atoms with Crippen molar-refractivity contribution < 1.29 is 9.50 Å². The second-order valence-corrected chi connectivity index (χ2v) is 7.59. The lowest BCUT2D eigenvalue weighted by Gasteiger charge is -2.47. The fourth-order valence-corrected chi connectivity index (χ4v) is 3.76. The summed E-state index contributed by atoms with van der Waals surface area (Å²) in [6.07, 6.45) is 1.99. The molecule has 1 fully saturated rings.